The smallest absolute Gasteiger partial charge is 0.448 e. The molecule has 34 heavy (non-hydrogen) atoms. The molecule has 0 atom stereocenters. The van der Waals surface area contributed by atoms with E-state index >= 15 is 0 Å². The lowest BCUT2D eigenvalue weighted by Gasteiger charge is -2.39. The summed E-state index contributed by atoms with van der Waals surface area (Å²) in [7, 11) is -12.9. The molecule has 0 bridgehead atoms. The van der Waals surface area contributed by atoms with Gasteiger partial charge < -0.3 is 22.1 Å². The summed E-state index contributed by atoms with van der Waals surface area (Å²) in [5.41, 5.74) is 0.972. The van der Waals surface area contributed by atoms with Crippen molar-refractivity contribution in [2.24, 2.45) is 0 Å². The highest BCUT2D eigenvalue weighted by atomic mass is 32.3. The van der Waals surface area contributed by atoms with Crippen molar-refractivity contribution in [3.63, 3.8) is 0 Å². The maximum atomic E-state index is 12.8. The normalized spacial score (nSPS) is 15.4. The number of benzene rings is 2. The molecule has 2 aromatic carbocycles. The summed E-state index contributed by atoms with van der Waals surface area (Å²) in [5, 5.41) is -0.392. The highest BCUT2D eigenvalue weighted by Crippen LogP contribution is 2.39. The van der Waals surface area contributed by atoms with Crippen LogP contribution in [0.25, 0.3) is 0 Å². The van der Waals surface area contributed by atoms with Crippen molar-refractivity contribution in [2.75, 3.05) is 0 Å². The fourth-order valence-electron chi connectivity index (χ4n) is 3.25. The van der Waals surface area contributed by atoms with Crippen LogP contribution in [0, 0.1) is 0 Å². The van der Waals surface area contributed by atoms with Gasteiger partial charge in [-0.3, -0.25) is 0 Å². The van der Waals surface area contributed by atoms with Gasteiger partial charge in [0.2, 0.25) is 0 Å². The Morgan fingerprint density at radius 3 is 1.38 bits per heavy atom. The molecule has 9 nitrogen and oxygen atoms in total. The van der Waals surface area contributed by atoms with Gasteiger partial charge in [0.05, 0.1) is 0 Å². The molecule has 182 valence electrons. The standard InChI is InChI=1S/C18H21B3F2O9S2/c1-4-18(3,5-2)21-31-19(14-6-10-16(11-7-14)28-33(22,24)25)30-20(32-21)15-8-12-17(13-9-15)29-34(23,26)27/h6-13H,4-5H2,1-3H3. The van der Waals surface area contributed by atoms with Crippen LogP contribution in [0.3, 0.4) is 0 Å². The molecule has 0 amide bonds. The molecule has 0 radical (unpaired) electrons. The summed E-state index contributed by atoms with van der Waals surface area (Å²) in [6.07, 6.45) is 1.44. The molecule has 16 heteroatoms. The Bertz CT molecular complexity index is 1110. The lowest BCUT2D eigenvalue weighted by molar-refractivity contribution is 0.264. The van der Waals surface area contributed by atoms with Gasteiger partial charge in [0.25, 0.3) is 0 Å². The molecule has 0 spiro atoms. The van der Waals surface area contributed by atoms with Crippen LogP contribution in [0.15, 0.2) is 48.5 Å². The SMILES string of the molecule is CCC(C)(CC)B1OB(c2ccc(OS(=O)(=O)F)cc2)OB(c2ccc(OS(=O)(=O)F)cc2)O1. The Labute approximate surface area is 199 Å². The van der Waals surface area contributed by atoms with Gasteiger partial charge in [-0.15, -0.1) is 0 Å². The maximum Gasteiger partial charge on any atom is 0.488 e. The van der Waals surface area contributed by atoms with Gasteiger partial charge >= 0.3 is 42.4 Å². The molecule has 0 saturated carbocycles. The second-order valence-corrected chi connectivity index (χ2v) is 9.76. The van der Waals surface area contributed by atoms with Crippen molar-refractivity contribution in [3.05, 3.63) is 48.5 Å². The first-order chi connectivity index (χ1) is 15.8. The Kier molecular flexibility index (Phi) is 7.97. The second kappa shape index (κ2) is 10.2. The van der Waals surface area contributed by atoms with E-state index in [1.165, 1.54) is 48.5 Å². The van der Waals surface area contributed by atoms with Gasteiger partial charge in [0.15, 0.2) is 0 Å². The summed E-state index contributed by atoms with van der Waals surface area (Å²) in [6, 6.07) is 10.8. The molecule has 0 unspecified atom stereocenters. The summed E-state index contributed by atoms with van der Waals surface area (Å²) < 4.78 is 94.8. The van der Waals surface area contributed by atoms with Crippen molar-refractivity contribution in [3.8, 4) is 11.5 Å². The topological polar surface area (TPSA) is 114 Å². The molecular weight excluding hydrogens is 495 g/mol. The second-order valence-electron chi connectivity index (χ2n) is 7.86. The van der Waals surface area contributed by atoms with Gasteiger partial charge in [-0.1, -0.05) is 65.6 Å². The van der Waals surface area contributed by atoms with E-state index in [0.717, 1.165) is 12.8 Å². The molecule has 1 saturated heterocycles. The molecule has 1 heterocycles. The average molecular weight is 516 g/mol. The number of hydrogen-bond donors (Lipinski definition) is 0. The Morgan fingerprint density at radius 1 is 0.735 bits per heavy atom. The summed E-state index contributed by atoms with van der Waals surface area (Å²) >= 11 is 0. The van der Waals surface area contributed by atoms with E-state index in [-0.39, 0.29) is 11.5 Å². The lowest BCUT2D eigenvalue weighted by Crippen LogP contribution is -2.60. The van der Waals surface area contributed by atoms with Gasteiger partial charge in [-0.05, 0) is 35.2 Å². The number of hydrogen-bond acceptors (Lipinski definition) is 9. The first-order valence-electron chi connectivity index (χ1n) is 10.3. The van der Waals surface area contributed by atoms with Crippen LogP contribution >= 0.6 is 0 Å². The quantitative estimate of drug-likeness (QED) is 0.366. The third-order valence-electron chi connectivity index (χ3n) is 5.62. The van der Waals surface area contributed by atoms with E-state index < -0.39 is 47.7 Å². The Hall–Kier alpha value is -2.13. The zero-order chi connectivity index (χ0) is 25.1. The first kappa shape index (κ1) is 26.5. The summed E-state index contributed by atoms with van der Waals surface area (Å²) in [6.45, 7) is 5.97. The summed E-state index contributed by atoms with van der Waals surface area (Å²) in [4.78, 5) is 0. The van der Waals surface area contributed by atoms with Crippen LogP contribution in [-0.4, -0.2) is 38.2 Å². The van der Waals surface area contributed by atoms with E-state index in [2.05, 4.69) is 8.37 Å². The van der Waals surface area contributed by atoms with Gasteiger partial charge in [-0.25, -0.2) is 0 Å². The predicted octanol–water partition coefficient (Wildman–Crippen LogP) is 2.10. The molecule has 1 fully saturated rings. The number of rotatable bonds is 9. The van der Waals surface area contributed by atoms with E-state index in [0.29, 0.717) is 10.9 Å². The summed E-state index contributed by atoms with van der Waals surface area (Å²) in [5.74, 6) is -0.450. The molecule has 3 rings (SSSR count). The van der Waals surface area contributed by atoms with Crippen LogP contribution in [0.5, 0.6) is 11.5 Å². The zero-order valence-electron chi connectivity index (χ0n) is 18.5. The van der Waals surface area contributed by atoms with E-state index in [1.54, 1.807) is 0 Å². The fourth-order valence-corrected chi connectivity index (χ4v) is 3.93. The van der Waals surface area contributed by atoms with Crippen molar-refractivity contribution < 1.29 is 46.7 Å². The van der Waals surface area contributed by atoms with Gasteiger partial charge in [-0.2, -0.15) is 16.8 Å². The van der Waals surface area contributed by atoms with E-state index in [9.17, 15) is 24.6 Å². The third-order valence-corrected chi connectivity index (χ3v) is 6.41. The third kappa shape index (κ3) is 6.95. The molecular formula is C18H21B3F2O9S2. The van der Waals surface area contributed by atoms with Crippen LogP contribution in [-0.2, 0) is 34.7 Å². The van der Waals surface area contributed by atoms with Crippen LogP contribution in [0.2, 0.25) is 5.31 Å². The van der Waals surface area contributed by atoms with Crippen LogP contribution in [0.1, 0.15) is 33.6 Å². The van der Waals surface area contributed by atoms with Crippen molar-refractivity contribution in [1.29, 1.82) is 0 Å². The lowest BCUT2D eigenvalue weighted by atomic mass is 9.50. The molecule has 1 aliphatic rings. The van der Waals surface area contributed by atoms with E-state index in [1.807, 2.05) is 20.8 Å². The minimum atomic E-state index is -5.16. The molecule has 2 aromatic rings. The van der Waals surface area contributed by atoms with E-state index in [4.69, 9.17) is 13.7 Å². The maximum absolute atomic E-state index is 12.8. The first-order valence-corrected chi connectivity index (χ1v) is 12.9. The van der Waals surface area contributed by atoms with Crippen molar-refractivity contribution in [1.82, 2.24) is 0 Å². The van der Waals surface area contributed by atoms with Crippen molar-refractivity contribution in [2.45, 2.75) is 38.9 Å². The Morgan fingerprint density at radius 2 is 1.09 bits per heavy atom. The zero-order valence-corrected chi connectivity index (χ0v) is 20.1. The van der Waals surface area contributed by atoms with Gasteiger partial charge in [0, 0.05) is 5.31 Å². The number of halogens is 2. The van der Waals surface area contributed by atoms with Crippen LogP contribution < -0.4 is 19.3 Å². The molecule has 0 aliphatic carbocycles. The molecule has 0 aromatic heterocycles. The fraction of sp³-hybridized carbons (Fsp3) is 0.333. The average Bonchev–Trinajstić information content (AvgIpc) is 2.77. The van der Waals surface area contributed by atoms with Crippen molar-refractivity contribution >= 4 is 53.3 Å². The minimum Gasteiger partial charge on any atom is -0.448 e. The minimum absolute atomic E-state index is 0.225. The highest BCUT2D eigenvalue weighted by molar-refractivity contribution is 7.82. The largest absolute Gasteiger partial charge is 0.488 e. The Balaban J connectivity index is 1.88. The van der Waals surface area contributed by atoms with Gasteiger partial charge in [0.1, 0.15) is 11.5 Å². The molecule has 1 aliphatic heterocycles. The molecule has 0 N–H and O–H groups in total. The monoisotopic (exact) mass is 516 g/mol. The predicted molar refractivity (Wildman–Crippen MR) is 123 cm³/mol. The van der Waals surface area contributed by atoms with Crippen LogP contribution in [0.4, 0.5) is 7.77 Å². The highest BCUT2D eigenvalue weighted by Gasteiger charge is 2.50.